The summed E-state index contributed by atoms with van der Waals surface area (Å²) in [4.78, 5) is 14.8. The molecular formula is C10H8N4OS. The summed E-state index contributed by atoms with van der Waals surface area (Å²) in [7, 11) is 1.60. The maximum Gasteiger partial charge on any atom is 0.261 e. The van der Waals surface area contributed by atoms with Crippen LogP contribution in [0, 0.1) is 0 Å². The fourth-order valence-electron chi connectivity index (χ4n) is 1.38. The molecule has 1 heterocycles. The zero-order valence-electron chi connectivity index (χ0n) is 8.47. The van der Waals surface area contributed by atoms with Crippen molar-refractivity contribution in [2.45, 2.75) is 0 Å². The van der Waals surface area contributed by atoms with Gasteiger partial charge in [0, 0.05) is 22.3 Å². The van der Waals surface area contributed by atoms with Crippen LogP contribution in [0.3, 0.4) is 0 Å². The van der Waals surface area contributed by atoms with Crippen LogP contribution in [0.1, 0.15) is 9.67 Å². The van der Waals surface area contributed by atoms with E-state index in [0.29, 0.717) is 10.6 Å². The van der Waals surface area contributed by atoms with Crippen molar-refractivity contribution < 1.29 is 4.79 Å². The second-order valence-electron chi connectivity index (χ2n) is 3.10. The molecule has 0 aliphatic rings. The largest absolute Gasteiger partial charge is 0.354 e. The average Bonchev–Trinajstić information content (AvgIpc) is 2.71. The molecule has 1 aromatic heterocycles. The monoisotopic (exact) mass is 232 g/mol. The Morgan fingerprint density at radius 3 is 3.00 bits per heavy atom. The number of thiophene rings is 1. The molecule has 0 fully saturated rings. The summed E-state index contributed by atoms with van der Waals surface area (Å²) >= 11 is 1.41. The van der Waals surface area contributed by atoms with Crippen LogP contribution in [-0.4, -0.2) is 13.0 Å². The van der Waals surface area contributed by atoms with Crippen molar-refractivity contribution >= 4 is 33.0 Å². The Hall–Kier alpha value is -2.04. The maximum atomic E-state index is 11.4. The Morgan fingerprint density at radius 2 is 2.31 bits per heavy atom. The highest BCUT2D eigenvalue weighted by atomic mass is 32.1. The van der Waals surface area contributed by atoms with E-state index in [1.807, 2.05) is 6.07 Å². The molecule has 1 N–H and O–H groups in total. The molecule has 16 heavy (non-hydrogen) atoms. The molecule has 6 heteroatoms. The third-order valence-electron chi connectivity index (χ3n) is 2.11. The summed E-state index contributed by atoms with van der Waals surface area (Å²) in [5.74, 6) is -0.105. The SMILES string of the molecule is CNC(=O)c1cc2cc(N=[N+]=[N-])ccc2s1. The van der Waals surface area contributed by atoms with Gasteiger partial charge in [-0.3, -0.25) is 4.79 Å². The lowest BCUT2D eigenvalue weighted by Gasteiger charge is -1.90. The highest BCUT2D eigenvalue weighted by molar-refractivity contribution is 7.20. The van der Waals surface area contributed by atoms with E-state index < -0.39 is 0 Å². The standard InChI is InChI=1S/C10H8N4OS/c1-12-10(15)9-5-6-4-7(13-14-11)2-3-8(6)16-9/h2-5H,1H3,(H,12,15). The first-order valence-corrected chi connectivity index (χ1v) is 5.37. The Balaban J connectivity index is 2.53. The number of carbonyl (C=O) groups excluding carboxylic acids is 1. The predicted molar refractivity (Wildman–Crippen MR) is 64.0 cm³/mol. The van der Waals surface area contributed by atoms with Crippen molar-refractivity contribution in [1.82, 2.24) is 5.32 Å². The van der Waals surface area contributed by atoms with Crippen LogP contribution in [0.2, 0.25) is 0 Å². The van der Waals surface area contributed by atoms with Gasteiger partial charge in [0.25, 0.3) is 5.91 Å². The number of fused-ring (bicyclic) bond motifs is 1. The first-order valence-electron chi connectivity index (χ1n) is 4.55. The zero-order valence-corrected chi connectivity index (χ0v) is 9.28. The van der Waals surface area contributed by atoms with Gasteiger partial charge in [0.1, 0.15) is 0 Å². The van der Waals surface area contributed by atoms with E-state index >= 15 is 0 Å². The normalized spacial score (nSPS) is 9.81. The van der Waals surface area contributed by atoms with Gasteiger partial charge in [0.2, 0.25) is 0 Å². The predicted octanol–water partition coefficient (Wildman–Crippen LogP) is 3.20. The van der Waals surface area contributed by atoms with Crippen LogP contribution in [0.5, 0.6) is 0 Å². The number of azide groups is 1. The van der Waals surface area contributed by atoms with Crippen molar-refractivity contribution in [3.8, 4) is 0 Å². The van der Waals surface area contributed by atoms with Gasteiger partial charge in [-0.1, -0.05) is 11.2 Å². The number of hydrogen-bond donors (Lipinski definition) is 1. The number of nitrogens with one attached hydrogen (secondary N) is 1. The third-order valence-corrected chi connectivity index (χ3v) is 3.23. The number of amides is 1. The number of hydrogen-bond acceptors (Lipinski definition) is 3. The summed E-state index contributed by atoms with van der Waals surface area (Å²) in [6.45, 7) is 0. The lowest BCUT2D eigenvalue weighted by molar-refractivity contribution is 0.0967. The number of benzene rings is 1. The molecule has 0 radical (unpaired) electrons. The minimum absolute atomic E-state index is 0.105. The van der Waals surface area contributed by atoms with Gasteiger partial charge in [-0.15, -0.1) is 11.3 Å². The summed E-state index contributed by atoms with van der Waals surface area (Å²) in [6.07, 6.45) is 0. The fraction of sp³-hybridized carbons (Fsp3) is 0.100. The molecule has 0 bridgehead atoms. The van der Waals surface area contributed by atoms with E-state index in [9.17, 15) is 4.79 Å². The number of nitrogens with zero attached hydrogens (tertiary/aromatic N) is 3. The number of rotatable bonds is 2. The summed E-state index contributed by atoms with van der Waals surface area (Å²) < 4.78 is 0.996. The molecule has 2 aromatic rings. The lowest BCUT2D eigenvalue weighted by Crippen LogP contribution is -2.15. The van der Waals surface area contributed by atoms with Gasteiger partial charge < -0.3 is 5.32 Å². The van der Waals surface area contributed by atoms with Gasteiger partial charge in [0.05, 0.1) is 4.88 Å². The molecule has 1 aromatic carbocycles. The minimum Gasteiger partial charge on any atom is -0.354 e. The van der Waals surface area contributed by atoms with Crippen LogP contribution in [0.4, 0.5) is 5.69 Å². The van der Waals surface area contributed by atoms with E-state index in [-0.39, 0.29) is 5.91 Å². The fourth-order valence-corrected chi connectivity index (χ4v) is 2.37. The molecule has 1 amide bonds. The van der Waals surface area contributed by atoms with Gasteiger partial charge in [-0.2, -0.15) is 0 Å². The number of carbonyl (C=O) groups is 1. The van der Waals surface area contributed by atoms with Crippen molar-refractivity contribution in [3.05, 3.63) is 39.6 Å². The topological polar surface area (TPSA) is 77.9 Å². The summed E-state index contributed by atoms with van der Waals surface area (Å²) in [6, 6.07) is 7.12. The molecule has 0 aliphatic carbocycles. The quantitative estimate of drug-likeness (QED) is 0.481. The average molecular weight is 232 g/mol. The molecule has 0 atom stereocenters. The second-order valence-corrected chi connectivity index (χ2v) is 4.19. The van der Waals surface area contributed by atoms with Crippen molar-refractivity contribution in [3.63, 3.8) is 0 Å². The maximum absolute atomic E-state index is 11.4. The summed E-state index contributed by atoms with van der Waals surface area (Å²) in [5.41, 5.74) is 8.87. The Morgan fingerprint density at radius 1 is 1.50 bits per heavy atom. The van der Waals surface area contributed by atoms with E-state index in [1.165, 1.54) is 11.3 Å². The van der Waals surface area contributed by atoms with Crippen LogP contribution >= 0.6 is 11.3 Å². The van der Waals surface area contributed by atoms with Crippen LogP contribution in [-0.2, 0) is 0 Å². The van der Waals surface area contributed by atoms with Crippen molar-refractivity contribution in [1.29, 1.82) is 0 Å². The van der Waals surface area contributed by atoms with E-state index in [2.05, 4.69) is 15.3 Å². The lowest BCUT2D eigenvalue weighted by atomic mass is 10.2. The molecule has 0 aliphatic heterocycles. The van der Waals surface area contributed by atoms with Crippen LogP contribution in [0.25, 0.3) is 20.5 Å². The Labute approximate surface area is 95.3 Å². The van der Waals surface area contributed by atoms with E-state index in [0.717, 1.165) is 10.1 Å². The molecular weight excluding hydrogens is 224 g/mol. The molecule has 0 spiro atoms. The van der Waals surface area contributed by atoms with E-state index in [4.69, 9.17) is 5.53 Å². The van der Waals surface area contributed by atoms with Gasteiger partial charge in [-0.25, -0.2) is 0 Å². The van der Waals surface area contributed by atoms with Crippen LogP contribution in [0.15, 0.2) is 29.4 Å². The van der Waals surface area contributed by atoms with Crippen molar-refractivity contribution in [2.75, 3.05) is 7.05 Å². The van der Waals surface area contributed by atoms with Gasteiger partial charge in [0.15, 0.2) is 0 Å². The first-order chi connectivity index (χ1) is 7.74. The van der Waals surface area contributed by atoms with Gasteiger partial charge >= 0.3 is 0 Å². The van der Waals surface area contributed by atoms with Crippen LogP contribution < -0.4 is 5.32 Å². The first kappa shape index (κ1) is 10.5. The summed E-state index contributed by atoms with van der Waals surface area (Å²) in [5, 5.41) is 7.00. The minimum atomic E-state index is -0.105. The Bertz CT molecular complexity index is 598. The highest BCUT2D eigenvalue weighted by Crippen LogP contribution is 2.29. The molecule has 80 valence electrons. The molecule has 2 rings (SSSR count). The molecule has 0 saturated carbocycles. The highest BCUT2D eigenvalue weighted by Gasteiger charge is 2.08. The third kappa shape index (κ3) is 1.84. The zero-order chi connectivity index (χ0) is 11.5. The van der Waals surface area contributed by atoms with Gasteiger partial charge in [-0.05, 0) is 29.1 Å². The smallest absolute Gasteiger partial charge is 0.261 e. The van der Waals surface area contributed by atoms with Crippen molar-refractivity contribution in [2.24, 2.45) is 5.11 Å². The molecule has 5 nitrogen and oxygen atoms in total. The Kier molecular flexibility index (Phi) is 2.76. The molecule has 0 unspecified atom stereocenters. The molecule has 0 saturated heterocycles. The van der Waals surface area contributed by atoms with E-state index in [1.54, 1.807) is 25.2 Å². The second kappa shape index (κ2) is 4.22.